The van der Waals surface area contributed by atoms with E-state index in [1.807, 2.05) is 24.8 Å². The fourth-order valence-electron chi connectivity index (χ4n) is 3.71. The molecule has 0 bridgehead atoms. The Morgan fingerprint density at radius 3 is 2.78 bits per heavy atom. The van der Waals surface area contributed by atoms with Crippen LogP contribution in [0, 0.1) is 0 Å². The van der Waals surface area contributed by atoms with E-state index in [1.54, 1.807) is 7.11 Å². The van der Waals surface area contributed by atoms with E-state index < -0.39 is 5.92 Å². The molecule has 0 saturated carbocycles. The summed E-state index contributed by atoms with van der Waals surface area (Å²) in [5.41, 5.74) is 0.721. The molecule has 174 valence electrons. The quantitative estimate of drug-likeness (QED) is 0.637. The minimum absolute atomic E-state index is 0.0783. The van der Waals surface area contributed by atoms with Crippen LogP contribution in [-0.4, -0.2) is 52.6 Å². The third-order valence-corrected chi connectivity index (χ3v) is 5.52. The standard InChI is InChI=1S/C23H31F2N5O2/c1-15(2)22-27-18(16-6-5-10-30(14-16)21(31)8-11-32-4)13-20(29-22)28-19-12-17(7-9-26-19)23(3,24)25/h7,9,12-13,15-16H,5-6,8,10-11,14H2,1-4H3,(H,26,27,28,29). The molecule has 0 aromatic carbocycles. The predicted octanol–water partition coefficient (Wildman–Crippen LogP) is 4.59. The number of hydrogen-bond donors (Lipinski definition) is 1. The lowest BCUT2D eigenvalue weighted by Crippen LogP contribution is -2.39. The number of carbonyl (C=O) groups excluding carboxylic acids is 1. The minimum Gasteiger partial charge on any atom is -0.384 e. The van der Waals surface area contributed by atoms with E-state index >= 15 is 0 Å². The van der Waals surface area contributed by atoms with Crippen LogP contribution in [0.1, 0.15) is 69.0 Å². The van der Waals surface area contributed by atoms with Gasteiger partial charge in [-0.1, -0.05) is 13.8 Å². The lowest BCUT2D eigenvalue weighted by molar-refractivity contribution is -0.133. The Morgan fingerprint density at radius 1 is 1.31 bits per heavy atom. The van der Waals surface area contributed by atoms with Crippen LogP contribution in [0.3, 0.4) is 0 Å². The molecule has 0 spiro atoms. The zero-order chi connectivity index (χ0) is 23.3. The number of pyridine rings is 1. The van der Waals surface area contributed by atoms with Crippen LogP contribution in [0.5, 0.6) is 0 Å². The number of rotatable bonds is 8. The van der Waals surface area contributed by atoms with Crippen molar-refractivity contribution in [3.63, 3.8) is 0 Å². The van der Waals surface area contributed by atoms with Gasteiger partial charge in [-0.15, -0.1) is 0 Å². The minimum atomic E-state index is -2.96. The maximum absolute atomic E-state index is 13.7. The Bertz CT molecular complexity index is 933. The first-order chi connectivity index (χ1) is 15.2. The van der Waals surface area contributed by atoms with Crippen LogP contribution in [0.2, 0.25) is 0 Å². The second-order valence-electron chi connectivity index (χ2n) is 8.56. The SMILES string of the molecule is COCCC(=O)N1CCCC(c2cc(Nc3cc(C(C)(F)F)ccn3)nc(C(C)C)n2)C1. The van der Waals surface area contributed by atoms with Gasteiger partial charge in [0.15, 0.2) is 0 Å². The number of nitrogens with zero attached hydrogens (tertiary/aromatic N) is 4. The largest absolute Gasteiger partial charge is 0.384 e. The molecule has 1 aliphatic heterocycles. The van der Waals surface area contributed by atoms with Crippen LogP contribution >= 0.6 is 0 Å². The average Bonchev–Trinajstić information content (AvgIpc) is 2.77. The Hall–Kier alpha value is -2.68. The first kappa shape index (κ1) is 24.0. The number of aromatic nitrogens is 3. The number of amides is 1. The van der Waals surface area contributed by atoms with Crippen molar-refractivity contribution in [2.75, 3.05) is 32.1 Å². The number of carbonyl (C=O) groups is 1. The monoisotopic (exact) mass is 447 g/mol. The summed E-state index contributed by atoms with van der Waals surface area (Å²) in [6.07, 6.45) is 3.52. The van der Waals surface area contributed by atoms with Crippen LogP contribution in [-0.2, 0) is 15.5 Å². The smallest absolute Gasteiger partial charge is 0.270 e. The van der Waals surface area contributed by atoms with Gasteiger partial charge in [0.05, 0.1) is 18.7 Å². The first-order valence-corrected chi connectivity index (χ1v) is 10.9. The molecule has 1 amide bonds. The number of piperidine rings is 1. The molecular weight excluding hydrogens is 416 g/mol. The molecule has 1 fully saturated rings. The van der Waals surface area contributed by atoms with Crippen LogP contribution < -0.4 is 5.32 Å². The molecule has 3 heterocycles. The van der Waals surface area contributed by atoms with E-state index in [2.05, 4.69) is 15.3 Å². The van der Waals surface area contributed by atoms with Gasteiger partial charge in [0.2, 0.25) is 5.91 Å². The van der Waals surface area contributed by atoms with E-state index in [1.165, 1.54) is 18.3 Å². The topological polar surface area (TPSA) is 80.2 Å². The molecule has 0 aliphatic carbocycles. The summed E-state index contributed by atoms with van der Waals surface area (Å²) in [5.74, 6) is -1.26. The van der Waals surface area contributed by atoms with E-state index in [0.717, 1.165) is 32.0 Å². The van der Waals surface area contributed by atoms with E-state index in [-0.39, 0.29) is 23.3 Å². The highest BCUT2D eigenvalue weighted by Gasteiger charge is 2.27. The predicted molar refractivity (Wildman–Crippen MR) is 118 cm³/mol. The van der Waals surface area contributed by atoms with Crippen LogP contribution in [0.25, 0.3) is 0 Å². The van der Waals surface area contributed by atoms with Crippen molar-refractivity contribution >= 4 is 17.5 Å². The second kappa shape index (κ2) is 10.3. The summed E-state index contributed by atoms with van der Waals surface area (Å²) in [6, 6.07) is 4.46. The number of alkyl halides is 2. The van der Waals surface area contributed by atoms with Crippen molar-refractivity contribution in [3.8, 4) is 0 Å². The number of ether oxygens (including phenoxy) is 1. The molecule has 1 aliphatic rings. The Kier molecular flexibility index (Phi) is 7.71. The van der Waals surface area contributed by atoms with Gasteiger partial charge in [-0.05, 0) is 25.0 Å². The van der Waals surface area contributed by atoms with Crippen molar-refractivity contribution in [2.45, 2.75) is 57.8 Å². The van der Waals surface area contributed by atoms with Crippen molar-refractivity contribution in [3.05, 3.63) is 41.5 Å². The van der Waals surface area contributed by atoms with Crippen molar-refractivity contribution in [2.24, 2.45) is 0 Å². The molecule has 1 atom stereocenters. The fraction of sp³-hybridized carbons (Fsp3) is 0.565. The van der Waals surface area contributed by atoms with Gasteiger partial charge in [-0.3, -0.25) is 4.79 Å². The summed E-state index contributed by atoms with van der Waals surface area (Å²) in [4.78, 5) is 27.8. The molecule has 1 saturated heterocycles. The van der Waals surface area contributed by atoms with E-state index in [0.29, 0.717) is 37.0 Å². The van der Waals surface area contributed by atoms with Crippen molar-refractivity contribution in [1.82, 2.24) is 19.9 Å². The van der Waals surface area contributed by atoms with E-state index in [4.69, 9.17) is 9.72 Å². The molecule has 2 aromatic rings. The molecule has 1 unspecified atom stereocenters. The molecular formula is C23H31F2N5O2. The van der Waals surface area contributed by atoms with Crippen molar-refractivity contribution < 1.29 is 18.3 Å². The number of anilines is 2. The van der Waals surface area contributed by atoms with Gasteiger partial charge in [-0.2, -0.15) is 0 Å². The summed E-state index contributed by atoms with van der Waals surface area (Å²) in [7, 11) is 1.58. The van der Waals surface area contributed by atoms with Gasteiger partial charge in [0.25, 0.3) is 5.92 Å². The molecule has 0 radical (unpaired) electrons. The molecule has 7 nitrogen and oxygen atoms in total. The summed E-state index contributed by atoms with van der Waals surface area (Å²) >= 11 is 0. The second-order valence-corrected chi connectivity index (χ2v) is 8.56. The first-order valence-electron chi connectivity index (χ1n) is 10.9. The highest BCUT2D eigenvalue weighted by atomic mass is 19.3. The third-order valence-electron chi connectivity index (χ3n) is 5.52. The Labute approximate surface area is 187 Å². The number of likely N-dealkylation sites (tertiary alicyclic amines) is 1. The lowest BCUT2D eigenvalue weighted by atomic mass is 9.94. The summed E-state index contributed by atoms with van der Waals surface area (Å²) < 4.78 is 32.4. The van der Waals surface area contributed by atoms with Crippen LogP contribution in [0.15, 0.2) is 24.4 Å². The zero-order valence-electron chi connectivity index (χ0n) is 19.1. The zero-order valence-corrected chi connectivity index (χ0v) is 19.1. The van der Waals surface area contributed by atoms with E-state index in [9.17, 15) is 13.6 Å². The average molecular weight is 448 g/mol. The van der Waals surface area contributed by atoms with Crippen molar-refractivity contribution in [1.29, 1.82) is 0 Å². The fourth-order valence-corrected chi connectivity index (χ4v) is 3.71. The van der Waals surface area contributed by atoms with Gasteiger partial charge in [0, 0.05) is 56.8 Å². The van der Waals surface area contributed by atoms with Gasteiger partial charge >= 0.3 is 0 Å². The summed E-state index contributed by atoms with van der Waals surface area (Å²) in [5, 5.41) is 3.06. The molecule has 2 aromatic heterocycles. The normalized spacial score (nSPS) is 17.0. The Balaban J connectivity index is 1.84. The third kappa shape index (κ3) is 6.18. The summed E-state index contributed by atoms with van der Waals surface area (Å²) in [6.45, 7) is 6.58. The molecule has 9 heteroatoms. The van der Waals surface area contributed by atoms with Crippen LogP contribution in [0.4, 0.5) is 20.4 Å². The lowest BCUT2D eigenvalue weighted by Gasteiger charge is -2.33. The Morgan fingerprint density at radius 2 is 2.09 bits per heavy atom. The molecule has 1 N–H and O–H groups in total. The van der Waals surface area contributed by atoms with Gasteiger partial charge in [0.1, 0.15) is 17.5 Å². The molecule has 32 heavy (non-hydrogen) atoms. The highest BCUT2D eigenvalue weighted by molar-refractivity contribution is 5.76. The number of nitrogens with one attached hydrogen (secondary N) is 1. The maximum Gasteiger partial charge on any atom is 0.270 e. The van der Waals surface area contributed by atoms with Gasteiger partial charge in [-0.25, -0.2) is 23.7 Å². The highest BCUT2D eigenvalue weighted by Crippen LogP contribution is 2.31. The number of methoxy groups -OCH3 is 1. The van der Waals surface area contributed by atoms with Gasteiger partial charge < -0.3 is 15.0 Å². The maximum atomic E-state index is 13.7. The molecule has 3 rings (SSSR count). The number of halogens is 2. The number of hydrogen-bond acceptors (Lipinski definition) is 6.